The van der Waals surface area contributed by atoms with E-state index in [4.69, 9.17) is 0 Å². The van der Waals surface area contributed by atoms with Crippen LogP contribution in [0.25, 0.3) is 15.9 Å². The molecule has 2 aromatic heterocycles. The van der Waals surface area contributed by atoms with Gasteiger partial charge in [-0.05, 0) is 53.6 Å². The van der Waals surface area contributed by atoms with Crippen molar-refractivity contribution in [2.45, 2.75) is 13.8 Å². The van der Waals surface area contributed by atoms with Gasteiger partial charge in [0.25, 0.3) is 5.91 Å². The molecule has 0 bridgehead atoms. The third-order valence-corrected chi connectivity index (χ3v) is 4.99. The fourth-order valence-corrected chi connectivity index (χ4v) is 3.56. The summed E-state index contributed by atoms with van der Waals surface area (Å²) in [6.07, 6.45) is 1.48. The summed E-state index contributed by atoms with van der Waals surface area (Å²) in [4.78, 5) is 17.1. The largest absolute Gasteiger partial charge is 0.298 e. The van der Waals surface area contributed by atoms with Gasteiger partial charge in [-0.25, -0.2) is 9.67 Å². The van der Waals surface area contributed by atoms with E-state index < -0.39 is 0 Å². The number of hydrogen-bond acceptors (Lipinski definition) is 6. The summed E-state index contributed by atoms with van der Waals surface area (Å²) in [6, 6.07) is 11.2. The minimum absolute atomic E-state index is 0.218. The number of rotatable bonds is 3. The zero-order chi connectivity index (χ0) is 17.4. The Morgan fingerprint density at radius 2 is 2.00 bits per heavy atom. The van der Waals surface area contributed by atoms with Gasteiger partial charge >= 0.3 is 0 Å². The number of fused-ring (bicyclic) bond motifs is 1. The van der Waals surface area contributed by atoms with Crippen LogP contribution in [-0.4, -0.2) is 31.1 Å². The van der Waals surface area contributed by atoms with Crippen molar-refractivity contribution in [3.63, 3.8) is 0 Å². The molecule has 0 fully saturated rings. The Balaban J connectivity index is 1.63. The van der Waals surface area contributed by atoms with Crippen LogP contribution in [0, 0.1) is 13.8 Å². The average molecular weight is 350 g/mol. The van der Waals surface area contributed by atoms with Gasteiger partial charge < -0.3 is 0 Å². The van der Waals surface area contributed by atoms with E-state index in [0.717, 1.165) is 21.3 Å². The van der Waals surface area contributed by atoms with Crippen molar-refractivity contribution in [3.8, 4) is 5.69 Å². The summed E-state index contributed by atoms with van der Waals surface area (Å²) in [6.45, 7) is 4.06. The predicted molar refractivity (Wildman–Crippen MR) is 96.2 cm³/mol. The molecular formula is C17H14N6OS. The number of anilines is 1. The third-order valence-electron chi connectivity index (χ3n) is 3.88. The zero-order valence-electron chi connectivity index (χ0n) is 13.6. The Morgan fingerprint density at radius 1 is 1.16 bits per heavy atom. The first-order valence-corrected chi connectivity index (χ1v) is 8.45. The second-order valence-corrected chi connectivity index (χ2v) is 6.65. The molecule has 124 valence electrons. The molecule has 0 aliphatic rings. The number of benzene rings is 2. The molecule has 0 atom stereocenters. The van der Waals surface area contributed by atoms with Crippen LogP contribution >= 0.6 is 11.3 Å². The number of thiazole rings is 1. The lowest BCUT2D eigenvalue weighted by Gasteiger charge is -2.04. The zero-order valence-corrected chi connectivity index (χ0v) is 14.4. The molecule has 0 saturated heterocycles. The molecule has 0 radical (unpaired) electrons. The van der Waals surface area contributed by atoms with Gasteiger partial charge in [0, 0.05) is 5.56 Å². The van der Waals surface area contributed by atoms with E-state index in [1.54, 1.807) is 18.2 Å². The van der Waals surface area contributed by atoms with Crippen LogP contribution in [0.5, 0.6) is 0 Å². The van der Waals surface area contributed by atoms with Crippen LogP contribution in [0.15, 0.2) is 42.7 Å². The summed E-state index contributed by atoms with van der Waals surface area (Å²) in [5.74, 6) is -0.218. The molecule has 2 heterocycles. The van der Waals surface area contributed by atoms with Crippen LogP contribution < -0.4 is 5.32 Å². The minimum atomic E-state index is -0.218. The van der Waals surface area contributed by atoms with Crippen molar-refractivity contribution in [1.29, 1.82) is 0 Å². The first kappa shape index (κ1) is 15.4. The summed E-state index contributed by atoms with van der Waals surface area (Å²) >= 11 is 1.48. The first-order valence-electron chi connectivity index (χ1n) is 7.63. The van der Waals surface area contributed by atoms with E-state index in [1.807, 2.05) is 26.0 Å². The number of carbonyl (C=O) groups excluding carboxylic acids is 1. The lowest BCUT2D eigenvalue weighted by Crippen LogP contribution is -2.12. The van der Waals surface area contributed by atoms with Crippen molar-refractivity contribution in [1.82, 2.24) is 25.2 Å². The van der Waals surface area contributed by atoms with Gasteiger partial charge in [0.2, 0.25) is 0 Å². The van der Waals surface area contributed by atoms with Gasteiger partial charge in [-0.15, -0.1) is 5.10 Å². The highest BCUT2D eigenvalue weighted by Gasteiger charge is 2.13. The summed E-state index contributed by atoms with van der Waals surface area (Å²) in [5.41, 5.74) is 4.41. The van der Waals surface area contributed by atoms with E-state index in [-0.39, 0.29) is 5.91 Å². The number of aryl methyl sites for hydroxylation is 2. The number of hydrogen-bond donors (Lipinski definition) is 1. The molecule has 0 aliphatic carbocycles. The molecule has 2 aromatic carbocycles. The number of carbonyl (C=O) groups is 1. The molecule has 4 rings (SSSR count). The number of nitrogens with zero attached hydrogens (tertiary/aromatic N) is 5. The molecule has 25 heavy (non-hydrogen) atoms. The Hall–Kier alpha value is -3.13. The molecule has 1 amide bonds. The lowest BCUT2D eigenvalue weighted by atomic mass is 10.1. The molecule has 0 saturated carbocycles. The topological polar surface area (TPSA) is 85.6 Å². The molecule has 0 spiro atoms. The Labute approximate surface area is 147 Å². The summed E-state index contributed by atoms with van der Waals surface area (Å²) < 4.78 is 2.60. The minimum Gasteiger partial charge on any atom is -0.298 e. The van der Waals surface area contributed by atoms with Crippen molar-refractivity contribution >= 4 is 32.6 Å². The van der Waals surface area contributed by atoms with Crippen molar-refractivity contribution < 1.29 is 4.79 Å². The molecule has 0 unspecified atom stereocenters. The molecule has 1 N–H and O–H groups in total. The van der Waals surface area contributed by atoms with Crippen LogP contribution in [0.3, 0.4) is 0 Å². The quantitative estimate of drug-likeness (QED) is 0.613. The van der Waals surface area contributed by atoms with Crippen molar-refractivity contribution in [2.75, 3.05) is 5.32 Å². The second kappa shape index (κ2) is 6.06. The fraction of sp³-hybridized carbons (Fsp3) is 0.118. The van der Waals surface area contributed by atoms with Crippen molar-refractivity contribution in [2.24, 2.45) is 0 Å². The first-order chi connectivity index (χ1) is 12.1. The predicted octanol–water partition coefficient (Wildman–Crippen LogP) is 3.14. The van der Waals surface area contributed by atoms with Gasteiger partial charge in [0.15, 0.2) is 5.13 Å². The van der Waals surface area contributed by atoms with Gasteiger partial charge in [0.05, 0.1) is 15.9 Å². The Bertz CT molecular complexity index is 1030. The fourth-order valence-electron chi connectivity index (χ4n) is 2.55. The van der Waals surface area contributed by atoms with Crippen LogP contribution in [-0.2, 0) is 0 Å². The van der Waals surface area contributed by atoms with E-state index in [2.05, 4.69) is 31.9 Å². The van der Waals surface area contributed by atoms with Gasteiger partial charge in [-0.2, -0.15) is 0 Å². The second-order valence-electron chi connectivity index (χ2n) is 5.65. The van der Waals surface area contributed by atoms with Gasteiger partial charge in [0.1, 0.15) is 6.33 Å². The summed E-state index contributed by atoms with van der Waals surface area (Å²) in [5, 5.41) is 14.5. The number of amides is 1. The van der Waals surface area contributed by atoms with E-state index in [9.17, 15) is 4.79 Å². The number of aromatic nitrogens is 5. The van der Waals surface area contributed by atoms with E-state index >= 15 is 0 Å². The van der Waals surface area contributed by atoms with Crippen LogP contribution in [0.1, 0.15) is 21.5 Å². The van der Waals surface area contributed by atoms with Gasteiger partial charge in [-0.1, -0.05) is 29.5 Å². The SMILES string of the molecule is Cc1ccc(C)c2sc(NC(=O)c3cccc(-n4cnnn4)c3)nc12. The smallest absolute Gasteiger partial charge is 0.257 e. The van der Waals surface area contributed by atoms with Crippen molar-refractivity contribution in [3.05, 3.63) is 59.4 Å². The highest BCUT2D eigenvalue weighted by atomic mass is 32.1. The maximum atomic E-state index is 12.6. The number of tetrazole rings is 1. The van der Waals surface area contributed by atoms with E-state index in [1.165, 1.54) is 22.3 Å². The van der Waals surface area contributed by atoms with Crippen LogP contribution in [0.2, 0.25) is 0 Å². The normalized spacial score (nSPS) is 11.0. The monoisotopic (exact) mass is 350 g/mol. The molecular weight excluding hydrogens is 336 g/mol. The number of nitrogens with one attached hydrogen (secondary N) is 1. The van der Waals surface area contributed by atoms with E-state index in [0.29, 0.717) is 16.4 Å². The molecule has 0 aliphatic heterocycles. The maximum absolute atomic E-state index is 12.6. The highest BCUT2D eigenvalue weighted by Crippen LogP contribution is 2.31. The van der Waals surface area contributed by atoms with Crippen LogP contribution in [0.4, 0.5) is 5.13 Å². The molecule has 7 nitrogen and oxygen atoms in total. The third kappa shape index (κ3) is 2.87. The molecule has 4 aromatic rings. The lowest BCUT2D eigenvalue weighted by molar-refractivity contribution is 0.102. The standard InChI is InChI=1S/C17H14N6OS/c1-10-6-7-11(2)15-14(10)19-17(25-15)20-16(24)12-4-3-5-13(8-12)23-9-18-21-22-23/h3-9H,1-2H3,(H,19,20,24). The maximum Gasteiger partial charge on any atom is 0.257 e. The summed E-state index contributed by atoms with van der Waals surface area (Å²) in [7, 11) is 0. The molecule has 8 heteroatoms. The average Bonchev–Trinajstić information content (AvgIpc) is 3.28. The highest BCUT2D eigenvalue weighted by molar-refractivity contribution is 7.22. The van der Waals surface area contributed by atoms with Gasteiger partial charge in [-0.3, -0.25) is 10.1 Å². The Kier molecular flexibility index (Phi) is 3.73. The Morgan fingerprint density at radius 3 is 2.76 bits per heavy atom.